The number of nitrogens with one attached hydrogen (secondary N) is 1. The van der Waals surface area contributed by atoms with Gasteiger partial charge in [0.2, 0.25) is 0 Å². The Bertz CT molecular complexity index is 1030. The van der Waals surface area contributed by atoms with Gasteiger partial charge in [0.1, 0.15) is 10.6 Å². The number of nitrogens with zero attached hydrogens (tertiary/aromatic N) is 3. The number of pyridine rings is 1. The number of hydrogen-bond acceptors (Lipinski definition) is 8. The van der Waals surface area contributed by atoms with Crippen LogP contribution in [0.5, 0.6) is 0 Å². The van der Waals surface area contributed by atoms with E-state index in [1.54, 1.807) is 37.3 Å². The smallest absolute Gasteiger partial charge is 0.189 e. The Labute approximate surface area is 179 Å². The number of fused-ring (bicyclic) bond motifs is 5. The van der Waals surface area contributed by atoms with Crippen molar-refractivity contribution in [2.75, 3.05) is 32.3 Å². The molecule has 0 fully saturated rings. The van der Waals surface area contributed by atoms with Gasteiger partial charge in [0, 0.05) is 25.3 Å². The van der Waals surface area contributed by atoms with Crippen LogP contribution in [0.4, 0.5) is 5.82 Å². The molecule has 0 unspecified atom stereocenters. The van der Waals surface area contributed by atoms with Gasteiger partial charge in [-0.1, -0.05) is 25.6 Å². The van der Waals surface area contributed by atoms with E-state index in [4.69, 9.17) is 24.4 Å². The highest BCUT2D eigenvalue weighted by Crippen LogP contribution is 2.42. The minimum Gasteiger partial charge on any atom is -0.364 e. The lowest BCUT2D eigenvalue weighted by molar-refractivity contribution is -0.0914. The fourth-order valence-electron chi connectivity index (χ4n) is 4.03. The molecule has 1 aliphatic carbocycles. The number of aromatic nitrogens is 3. The molecule has 3 aromatic rings. The van der Waals surface area contributed by atoms with Gasteiger partial charge in [-0.25, -0.2) is 15.0 Å². The van der Waals surface area contributed by atoms with Crippen molar-refractivity contribution in [3.8, 4) is 0 Å². The van der Waals surface area contributed by atoms with Crippen LogP contribution >= 0.6 is 23.1 Å². The first-order valence-corrected chi connectivity index (χ1v) is 12.1. The summed E-state index contributed by atoms with van der Waals surface area (Å²) in [6.45, 7) is 5.04. The molecule has 0 amide bonds. The van der Waals surface area contributed by atoms with Crippen LogP contribution in [0.15, 0.2) is 5.16 Å². The summed E-state index contributed by atoms with van der Waals surface area (Å²) in [5, 5.41) is 5.41. The van der Waals surface area contributed by atoms with E-state index in [2.05, 4.69) is 19.2 Å². The molecule has 0 atom stereocenters. The third kappa shape index (κ3) is 3.95. The normalized spacial score (nSPS) is 13.9. The second-order valence-electron chi connectivity index (χ2n) is 7.77. The van der Waals surface area contributed by atoms with Crippen LogP contribution in [0, 0.1) is 5.92 Å². The quantitative estimate of drug-likeness (QED) is 0.315. The van der Waals surface area contributed by atoms with Crippen molar-refractivity contribution in [2.45, 2.75) is 51.0 Å². The van der Waals surface area contributed by atoms with Crippen LogP contribution in [0.2, 0.25) is 0 Å². The molecule has 0 aliphatic heterocycles. The summed E-state index contributed by atoms with van der Waals surface area (Å²) in [5.41, 5.74) is 5.22. The number of thioether (sulfide) groups is 1. The van der Waals surface area contributed by atoms with E-state index in [9.17, 15) is 0 Å². The molecule has 0 radical (unpaired) electrons. The van der Waals surface area contributed by atoms with Crippen LogP contribution < -0.4 is 5.32 Å². The summed E-state index contributed by atoms with van der Waals surface area (Å²) in [4.78, 5) is 15.8. The molecule has 1 aliphatic rings. The van der Waals surface area contributed by atoms with Crippen LogP contribution in [0.3, 0.4) is 0 Å². The maximum atomic E-state index is 5.32. The van der Waals surface area contributed by atoms with Crippen LogP contribution in [-0.4, -0.2) is 48.3 Å². The van der Waals surface area contributed by atoms with Gasteiger partial charge in [0.05, 0.1) is 16.8 Å². The SMILES string of the molecule is COC(CNc1nc(SC)nc2c1sc1nc(CC(C)C)c3c(c12)CCC3)OC. The van der Waals surface area contributed by atoms with Gasteiger partial charge in [0.25, 0.3) is 0 Å². The Morgan fingerprint density at radius 1 is 1.10 bits per heavy atom. The van der Waals surface area contributed by atoms with Crippen LogP contribution in [0.25, 0.3) is 20.4 Å². The molecule has 8 heteroatoms. The van der Waals surface area contributed by atoms with Crippen molar-refractivity contribution in [1.29, 1.82) is 0 Å². The number of aryl methyl sites for hydroxylation is 1. The van der Waals surface area contributed by atoms with Gasteiger partial charge >= 0.3 is 0 Å². The topological polar surface area (TPSA) is 69.2 Å². The predicted octanol–water partition coefficient (Wildman–Crippen LogP) is 4.68. The molecular weight excluding hydrogens is 404 g/mol. The van der Waals surface area contributed by atoms with Gasteiger partial charge in [-0.3, -0.25) is 0 Å². The van der Waals surface area contributed by atoms with E-state index in [1.807, 2.05) is 6.26 Å². The number of anilines is 1. The Hall–Kier alpha value is -1.48. The molecule has 3 aromatic heterocycles. The number of hydrogen-bond donors (Lipinski definition) is 1. The van der Waals surface area contributed by atoms with Gasteiger partial charge < -0.3 is 14.8 Å². The monoisotopic (exact) mass is 432 g/mol. The summed E-state index contributed by atoms with van der Waals surface area (Å²) in [5.74, 6) is 1.43. The van der Waals surface area contributed by atoms with Gasteiger partial charge in [-0.15, -0.1) is 11.3 Å². The van der Waals surface area contributed by atoms with Gasteiger partial charge in [-0.05, 0) is 49.0 Å². The lowest BCUT2D eigenvalue weighted by Crippen LogP contribution is -2.24. The molecule has 0 bridgehead atoms. The molecule has 6 nitrogen and oxygen atoms in total. The van der Waals surface area contributed by atoms with Crippen molar-refractivity contribution in [3.63, 3.8) is 0 Å². The highest BCUT2D eigenvalue weighted by molar-refractivity contribution is 7.98. The van der Waals surface area contributed by atoms with E-state index < -0.39 is 0 Å². The molecule has 0 saturated carbocycles. The van der Waals surface area contributed by atoms with Crippen molar-refractivity contribution >= 4 is 49.3 Å². The average Bonchev–Trinajstić information content (AvgIpc) is 3.32. The first kappa shape index (κ1) is 20.8. The van der Waals surface area contributed by atoms with E-state index >= 15 is 0 Å². The average molecular weight is 433 g/mol. The fraction of sp³-hybridized carbons (Fsp3) is 0.571. The first-order chi connectivity index (χ1) is 14.0. The Morgan fingerprint density at radius 3 is 2.55 bits per heavy atom. The Balaban J connectivity index is 1.89. The van der Waals surface area contributed by atoms with Crippen LogP contribution in [0.1, 0.15) is 37.1 Å². The first-order valence-electron chi connectivity index (χ1n) is 10.0. The number of methoxy groups -OCH3 is 2. The highest BCUT2D eigenvalue weighted by Gasteiger charge is 2.25. The Kier molecular flexibility index (Phi) is 6.24. The maximum absolute atomic E-state index is 5.32. The second-order valence-corrected chi connectivity index (χ2v) is 9.54. The maximum Gasteiger partial charge on any atom is 0.189 e. The minimum absolute atomic E-state index is 0.327. The van der Waals surface area contributed by atoms with Crippen molar-refractivity contribution < 1.29 is 9.47 Å². The summed E-state index contributed by atoms with van der Waals surface area (Å²) < 4.78 is 11.7. The Morgan fingerprint density at radius 2 is 1.86 bits per heavy atom. The summed E-state index contributed by atoms with van der Waals surface area (Å²) in [7, 11) is 3.28. The zero-order valence-corrected chi connectivity index (χ0v) is 19.3. The van der Waals surface area contributed by atoms with Crippen molar-refractivity contribution in [3.05, 3.63) is 16.8 Å². The van der Waals surface area contributed by atoms with Gasteiger partial charge in [0.15, 0.2) is 11.4 Å². The molecule has 0 spiro atoms. The number of rotatable bonds is 8. The zero-order valence-electron chi connectivity index (χ0n) is 17.7. The second kappa shape index (κ2) is 8.71. The van der Waals surface area contributed by atoms with Crippen LogP contribution in [-0.2, 0) is 28.7 Å². The lowest BCUT2D eigenvalue weighted by atomic mass is 9.99. The molecule has 3 heterocycles. The fourth-order valence-corrected chi connectivity index (χ4v) is 5.53. The molecule has 0 aromatic carbocycles. The van der Waals surface area contributed by atoms with E-state index in [1.165, 1.54) is 28.6 Å². The van der Waals surface area contributed by atoms with Crippen molar-refractivity contribution in [1.82, 2.24) is 15.0 Å². The highest BCUT2D eigenvalue weighted by atomic mass is 32.2. The van der Waals surface area contributed by atoms with Gasteiger partial charge in [-0.2, -0.15) is 0 Å². The summed E-state index contributed by atoms with van der Waals surface area (Å²) in [6, 6.07) is 0. The number of thiophene rings is 1. The number of ether oxygens (including phenoxy) is 2. The van der Waals surface area contributed by atoms with E-state index in [0.29, 0.717) is 12.5 Å². The zero-order chi connectivity index (χ0) is 20.5. The molecule has 4 rings (SSSR count). The third-order valence-corrected chi connectivity index (χ3v) is 6.97. The summed E-state index contributed by atoms with van der Waals surface area (Å²) >= 11 is 3.25. The predicted molar refractivity (Wildman–Crippen MR) is 121 cm³/mol. The molecule has 156 valence electrons. The molecule has 29 heavy (non-hydrogen) atoms. The lowest BCUT2D eigenvalue weighted by Gasteiger charge is -2.15. The van der Waals surface area contributed by atoms with E-state index in [-0.39, 0.29) is 6.29 Å². The standard InChI is InChI=1S/C21H28N4O2S2/c1-11(2)9-14-12-7-6-8-13(12)16-17-18(29-20(16)23-14)19(25-21(24-17)28-5)22-10-15(26-3)27-4/h11,15H,6-10H2,1-5H3,(H,22,24,25). The minimum atomic E-state index is -0.327. The summed E-state index contributed by atoms with van der Waals surface area (Å²) in [6.07, 6.45) is 6.16. The molecule has 1 N–H and O–H groups in total. The molecule has 0 saturated heterocycles. The van der Waals surface area contributed by atoms with Crippen molar-refractivity contribution in [2.24, 2.45) is 5.92 Å². The third-order valence-electron chi connectivity index (χ3n) is 5.35. The largest absolute Gasteiger partial charge is 0.364 e. The molecular formula is C21H28N4O2S2. The van der Waals surface area contributed by atoms with E-state index in [0.717, 1.165) is 45.3 Å².